The zero-order valence-corrected chi connectivity index (χ0v) is 13.8. The summed E-state index contributed by atoms with van der Waals surface area (Å²) >= 11 is 3.45. The van der Waals surface area contributed by atoms with Crippen LogP contribution in [0.15, 0.2) is 58.0 Å². The predicted molar refractivity (Wildman–Crippen MR) is 89.6 cm³/mol. The number of hydrogen-bond donors (Lipinski definition) is 3. The van der Waals surface area contributed by atoms with E-state index in [9.17, 15) is 0 Å². The Bertz CT molecular complexity index is 615. The summed E-state index contributed by atoms with van der Waals surface area (Å²) in [4.78, 5) is 9.03. The fourth-order valence-electron chi connectivity index (χ4n) is 2.03. The summed E-state index contributed by atoms with van der Waals surface area (Å²) in [7, 11) is 0. The highest BCUT2D eigenvalue weighted by molar-refractivity contribution is 9.10. The average Bonchev–Trinajstić information content (AvgIpc) is 2.48. The molecule has 5 N–H and O–H groups in total. The van der Waals surface area contributed by atoms with Gasteiger partial charge in [0.05, 0.1) is 6.61 Å². The summed E-state index contributed by atoms with van der Waals surface area (Å²) in [6.45, 7) is 3.04. The Kier molecular flexibility index (Phi) is 5.46. The molecular weight excluding hydrogens is 348 g/mol. The first-order valence-corrected chi connectivity index (χ1v) is 7.51. The fraction of sp³-hybridized carbons (Fsp3) is 0.267. The third kappa shape index (κ3) is 4.51. The lowest BCUT2D eigenvalue weighted by molar-refractivity contribution is 0.106. The zero-order chi connectivity index (χ0) is 16.0. The van der Waals surface area contributed by atoms with Gasteiger partial charge in [-0.25, -0.2) is 5.48 Å². The standard InChI is InChI=1S/C11H13BrN2O.C4H6N2O/c1-11(7-15-6-10(13)14-11)8-3-2-4-9(12)5-8;5-4-2-1-3-7-6-4/h2-5H,6-7H2,1H3,(H2,13,14);1-3,6H,5H2. The second-order valence-corrected chi connectivity index (χ2v) is 5.97. The number of aliphatic imine (C=N–C) groups is 1. The molecular formula is C15H19BrN4O2. The van der Waals surface area contributed by atoms with E-state index < -0.39 is 0 Å². The molecule has 3 rings (SSSR count). The number of allylic oxidation sites excluding steroid dienone is 2. The van der Waals surface area contributed by atoms with Crippen LogP contribution in [0.25, 0.3) is 0 Å². The highest BCUT2D eigenvalue weighted by Gasteiger charge is 2.29. The van der Waals surface area contributed by atoms with Gasteiger partial charge < -0.3 is 21.0 Å². The van der Waals surface area contributed by atoms with Crippen LogP contribution in [-0.4, -0.2) is 19.0 Å². The van der Waals surface area contributed by atoms with Crippen molar-refractivity contribution in [2.24, 2.45) is 16.5 Å². The largest absolute Gasteiger partial charge is 0.389 e. The molecule has 2 aliphatic rings. The molecule has 0 saturated heterocycles. The molecule has 1 atom stereocenters. The van der Waals surface area contributed by atoms with Crippen LogP contribution in [0.1, 0.15) is 12.5 Å². The normalized spacial score (nSPS) is 23.2. The van der Waals surface area contributed by atoms with Crippen LogP contribution in [-0.2, 0) is 15.1 Å². The molecule has 0 amide bonds. The third-order valence-corrected chi connectivity index (χ3v) is 3.56. The fourth-order valence-corrected chi connectivity index (χ4v) is 2.42. The van der Waals surface area contributed by atoms with E-state index in [1.165, 1.54) is 6.26 Å². The van der Waals surface area contributed by atoms with Gasteiger partial charge in [-0.05, 0) is 36.8 Å². The lowest BCUT2D eigenvalue weighted by Crippen LogP contribution is -2.37. The average molecular weight is 367 g/mol. The van der Waals surface area contributed by atoms with Crippen molar-refractivity contribution >= 4 is 21.8 Å². The first-order valence-electron chi connectivity index (χ1n) is 6.71. The van der Waals surface area contributed by atoms with E-state index >= 15 is 0 Å². The van der Waals surface area contributed by atoms with Gasteiger partial charge in [0, 0.05) is 4.47 Å². The number of halogens is 1. The number of nitrogens with two attached hydrogens (primary N) is 2. The van der Waals surface area contributed by atoms with E-state index in [1.807, 2.05) is 31.2 Å². The van der Waals surface area contributed by atoms with Gasteiger partial charge >= 0.3 is 0 Å². The Morgan fingerprint density at radius 2 is 2.18 bits per heavy atom. The van der Waals surface area contributed by atoms with Crippen LogP contribution in [0.4, 0.5) is 0 Å². The van der Waals surface area contributed by atoms with Gasteiger partial charge in [-0.1, -0.05) is 28.1 Å². The molecule has 118 valence electrons. The second-order valence-electron chi connectivity index (χ2n) is 5.05. The molecule has 0 aliphatic carbocycles. The van der Waals surface area contributed by atoms with Gasteiger partial charge in [-0.3, -0.25) is 4.99 Å². The van der Waals surface area contributed by atoms with Gasteiger partial charge in [0.2, 0.25) is 0 Å². The van der Waals surface area contributed by atoms with Crippen LogP contribution in [0.5, 0.6) is 0 Å². The van der Waals surface area contributed by atoms with Gasteiger partial charge in [0.1, 0.15) is 30.1 Å². The van der Waals surface area contributed by atoms with Crippen molar-refractivity contribution in [2.45, 2.75) is 12.5 Å². The van der Waals surface area contributed by atoms with Crippen molar-refractivity contribution in [3.05, 3.63) is 58.5 Å². The molecule has 2 heterocycles. The van der Waals surface area contributed by atoms with E-state index in [1.54, 1.807) is 12.2 Å². The smallest absolute Gasteiger partial charge is 0.131 e. The first kappa shape index (κ1) is 16.4. The van der Waals surface area contributed by atoms with Crippen molar-refractivity contribution < 1.29 is 9.57 Å². The van der Waals surface area contributed by atoms with E-state index in [0.29, 0.717) is 24.9 Å². The van der Waals surface area contributed by atoms with E-state index in [0.717, 1.165) is 10.0 Å². The maximum Gasteiger partial charge on any atom is 0.131 e. The quantitative estimate of drug-likeness (QED) is 0.705. The minimum atomic E-state index is -0.355. The first-order chi connectivity index (χ1) is 10.5. The summed E-state index contributed by atoms with van der Waals surface area (Å²) in [6.07, 6.45) is 4.94. The predicted octanol–water partition coefficient (Wildman–Crippen LogP) is 1.89. The minimum Gasteiger partial charge on any atom is -0.389 e. The minimum absolute atomic E-state index is 0.355. The zero-order valence-electron chi connectivity index (χ0n) is 12.3. The van der Waals surface area contributed by atoms with Crippen LogP contribution >= 0.6 is 15.9 Å². The monoisotopic (exact) mass is 366 g/mol. The number of rotatable bonds is 1. The Hall–Kier alpha value is -1.99. The molecule has 22 heavy (non-hydrogen) atoms. The molecule has 1 aromatic rings. The summed E-state index contributed by atoms with van der Waals surface area (Å²) in [6, 6.07) is 8.07. The van der Waals surface area contributed by atoms with Gasteiger partial charge in [-0.2, -0.15) is 0 Å². The molecule has 7 heteroatoms. The summed E-state index contributed by atoms with van der Waals surface area (Å²) in [5, 5.41) is 0. The molecule has 1 aromatic carbocycles. The number of ether oxygens (including phenoxy) is 1. The Labute approximate surface area is 138 Å². The highest BCUT2D eigenvalue weighted by atomic mass is 79.9. The van der Waals surface area contributed by atoms with Crippen molar-refractivity contribution in [1.82, 2.24) is 5.48 Å². The maximum absolute atomic E-state index is 5.70. The number of hydrogen-bond acceptors (Lipinski definition) is 6. The van der Waals surface area contributed by atoms with Crippen molar-refractivity contribution in [3.8, 4) is 0 Å². The molecule has 0 fully saturated rings. The summed E-state index contributed by atoms with van der Waals surface area (Å²) < 4.78 is 6.46. The number of benzene rings is 1. The molecule has 2 aliphatic heterocycles. The van der Waals surface area contributed by atoms with Crippen LogP contribution in [0, 0.1) is 0 Å². The second kappa shape index (κ2) is 7.33. The summed E-state index contributed by atoms with van der Waals surface area (Å²) in [5.74, 6) is 1.09. The Morgan fingerprint density at radius 3 is 2.73 bits per heavy atom. The van der Waals surface area contributed by atoms with Gasteiger partial charge in [-0.15, -0.1) is 0 Å². The molecule has 0 bridgehead atoms. The van der Waals surface area contributed by atoms with Gasteiger partial charge in [0.15, 0.2) is 0 Å². The molecule has 0 radical (unpaired) electrons. The lowest BCUT2D eigenvalue weighted by Gasteiger charge is -2.30. The van der Waals surface area contributed by atoms with Crippen LogP contribution in [0.3, 0.4) is 0 Å². The SMILES string of the molecule is CC1(c2cccc(Br)c2)COCC(N)=N1.NC1=CC=CON1. The topological polar surface area (TPSA) is 94.9 Å². The number of nitrogens with one attached hydrogen (secondary N) is 1. The molecule has 1 unspecified atom stereocenters. The van der Waals surface area contributed by atoms with Crippen molar-refractivity contribution in [2.75, 3.05) is 13.2 Å². The molecule has 0 spiro atoms. The number of amidine groups is 1. The van der Waals surface area contributed by atoms with E-state index in [4.69, 9.17) is 16.2 Å². The molecule has 0 aromatic heterocycles. The van der Waals surface area contributed by atoms with Crippen LogP contribution < -0.4 is 16.9 Å². The van der Waals surface area contributed by atoms with Gasteiger partial charge in [0.25, 0.3) is 0 Å². The van der Waals surface area contributed by atoms with Crippen molar-refractivity contribution in [1.29, 1.82) is 0 Å². The molecule has 0 saturated carbocycles. The molecule has 6 nitrogen and oxygen atoms in total. The lowest BCUT2D eigenvalue weighted by atomic mass is 9.93. The maximum atomic E-state index is 5.70. The highest BCUT2D eigenvalue weighted by Crippen LogP contribution is 2.29. The number of nitrogens with zero attached hydrogens (tertiary/aromatic N) is 1. The van der Waals surface area contributed by atoms with E-state index in [2.05, 4.69) is 31.2 Å². The van der Waals surface area contributed by atoms with E-state index in [-0.39, 0.29) is 5.54 Å². The Balaban J connectivity index is 0.000000211. The third-order valence-electron chi connectivity index (χ3n) is 3.07. The van der Waals surface area contributed by atoms with Crippen LogP contribution in [0.2, 0.25) is 0 Å². The Morgan fingerprint density at radius 1 is 1.36 bits per heavy atom. The summed E-state index contributed by atoms with van der Waals surface area (Å²) in [5.41, 5.74) is 14.1. The number of hydroxylamine groups is 1. The van der Waals surface area contributed by atoms with Crippen molar-refractivity contribution in [3.63, 3.8) is 0 Å².